The van der Waals surface area contributed by atoms with Crippen LogP contribution in [0.1, 0.15) is 26.7 Å². The third-order valence-corrected chi connectivity index (χ3v) is 2.65. The molecule has 0 fully saturated rings. The summed E-state index contributed by atoms with van der Waals surface area (Å²) in [6, 6.07) is 0. The van der Waals surface area contributed by atoms with Gasteiger partial charge >= 0.3 is 0 Å². The van der Waals surface area contributed by atoms with Gasteiger partial charge in [-0.05, 0) is 36.8 Å². The van der Waals surface area contributed by atoms with Gasteiger partial charge in [-0.3, -0.25) is 0 Å². The van der Waals surface area contributed by atoms with Gasteiger partial charge in [0.05, 0.1) is 0 Å². The molecule has 12 heavy (non-hydrogen) atoms. The topological polar surface area (TPSA) is 0 Å². The molecule has 0 nitrogen and oxygen atoms in total. The molecule has 0 amide bonds. The van der Waals surface area contributed by atoms with Crippen molar-refractivity contribution >= 4 is 7.85 Å². The second-order valence-corrected chi connectivity index (χ2v) is 3.43. The lowest BCUT2D eigenvalue weighted by Gasteiger charge is -2.06. The second kappa shape index (κ2) is 3.80. The second-order valence-electron chi connectivity index (χ2n) is 3.43. The highest BCUT2D eigenvalue weighted by molar-refractivity contribution is 6.17. The predicted molar refractivity (Wildman–Crippen MR) is 55.1 cm³/mol. The number of hydrogen-bond acceptors (Lipinski definition) is 0. The maximum Gasteiger partial charge on any atom is 0.103 e. The molecule has 1 unspecified atom stereocenters. The van der Waals surface area contributed by atoms with Crippen LogP contribution >= 0.6 is 0 Å². The van der Waals surface area contributed by atoms with Gasteiger partial charge in [-0.25, -0.2) is 0 Å². The monoisotopic (exact) mass is 158 g/mol. The van der Waals surface area contributed by atoms with Crippen LogP contribution in [0.4, 0.5) is 0 Å². The minimum absolute atomic E-state index is 0.660. The molecule has 1 aliphatic rings. The molecule has 0 N–H and O–H groups in total. The summed E-state index contributed by atoms with van der Waals surface area (Å²) >= 11 is 0. The molecule has 2 radical (unpaired) electrons. The quantitative estimate of drug-likeness (QED) is 0.542. The lowest BCUT2D eigenvalue weighted by Crippen LogP contribution is -1.90. The van der Waals surface area contributed by atoms with Crippen LogP contribution in [0.25, 0.3) is 0 Å². The van der Waals surface area contributed by atoms with E-state index in [1.165, 1.54) is 23.1 Å². The lowest BCUT2D eigenvalue weighted by atomic mass is 9.96. The number of allylic oxidation sites excluding steroid dienone is 4. The molecule has 0 bridgehead atoms. The highest BCUT2D eigenvalue weighted by Gasteiger charge is 2.19. The lowest BCUT2D eigenvalue weighted by molar-refractivity contribution is 0.680. The average Bonchev–Trinajstić information content (AvgIpc) is 2.45. The van der Waals surface area contributed by atoms with Crippen molar-refractivity contribution in [3.05, 3.63) is 35.3 Å². The maximum absolute atomic E-state index is 5.48. The molecule has 0 aromatic carbocycles. The molecule has 1 aliphatic carbocycles. The summed E-state index contributed by atoms with van der Waals surface area (Å²) < 4.78 is 0. The Balaban J connectivity index is 3.01. The first-order valence-electron chi connectivity index (χ1n) is 4.45. The SMILES string of the molecule is [B]/C=C(/C)C1=C(C=C)C(C)CC1. The van der Waals surface area contributed by atoms with Gasteiger partial charge in [0.25, 0.3) is 0 Å². The molecule has 0 spiro atoms. The standard InChI is InChI=1S/C11H15B/c1-4-10-8(2)5-6-11(10)9(3)7-12/h4,7-8H,1,5-6H2,2-3H3/b9-7-. The van der Waals surface area contributed by atoms with Crippen LogP contribution in [0.2, 0.25) is 0 Å². The van der Waals surface area contributed by atoms with E-state index in [4.69, 9.17) is 7.85 Å². The van der Waals surface area contributed by atoms with Crippen molar-refractivity contribution in [1.82, 2.24) is 0 Å². The summed E-state index contributed by atoms with van der Waals surface area (Å²) in [5.41, 5.74) is 3.99. The highest BCUT2D eigenvalue weighted by atomic mass is 14.2. The van der Waals surface area contributed by atoms with Crippen molar-refractivity contribution in [2.75, 3.05) is 0 Å². The Bertz CT molecular complexity index is 246. The predicted octanol–water partition coefficient (Wildman–Crippen LogP) is 2.97. The van der Waals surface area contributed by atoms with E-state index in [1.54, 1.807) is 5.98 Å². The van der Waals surface area contributed by atoms with Gasteiger partial charge in [-0.2, -0.15) is 0 Å². The van der Waals surface area contributed by atoms with Gasteiger partial charge in [-0.15, -0.1) is 5.98 Å². The summed E-state index contributed by atoms with van der Waals surface area (Å²) in [5, 5.41) is 0. The minimum atomic E-state index is 0.660. The van der Waals surface area contributed by atoms with E-state index in [-0.39, 0.29) is 0 Å². The largest absolute Gasteiger partial charge is 0.128 e. The Morgan fingerprint density at radius 1 is 1.67 bits per heavy atom. The third-order valence-electron chi connectivity index (χ3n) is 2.65. The van der Waals surface area contributed by atoms with Crippen LogP contribution in [0.5, 0.6) is 0 Å². The Morgan fingerprint density at radius 3 is 2.83 bits per heavy atom. The van der Waals surface area contributed by atoms with Gasteiger partial charge in [0, 0.05) is 0 Å². The normalized spacial score (nSPS) is 24.8. The molecule has 62 valence electrons. The van der Waals surface area contributed by atoms with E-state index in [0.717, 1.165) is 6.42 Å². The smallest absolute Gasteiger partial charge is 0.103 e. The minimum Gasteiger partial charge on any atom is -0.128 e. The van der Waals surface area contributed by atoms with E-state index in [0.29, 0.717) is 5.92 Å². The Kier molecular flexibility index (Phi) is 2.96. The maximum atomic E-state index is 5.48. The zero-order valence-corrected chi connectivity index (χ0v) is 7.93. The molecule has 0 aromatic heterocycles. The first-order chi connectivity index (χ1) is 5.70. The summed E-state index contributed by atoms with van der Waals surface area (Å²) in [4.78, 5) is 0. The molecule has 0 saturated heterocycles. The first-order valence-corrected chi connectivity index (χ1v) is 4.45. The molecule has 1 rings (SSSR count). The molecule has 0 aromatic rings. The van der Waals surface area contributed by atoms with Gasteiger partial charge in [0.1, 0.15) is 7.85 Å². The average molecular weight is 158 g/mol. The van der Waals surface area contributed by atoms with Crippen molar-refractivity contribution in [2.24, 2.45) is 5.92 Å². The van der Waals surface area contributed by atoms with E-state index in [1.807, 2.05) is 6.08 Å². The molecular weight excluding hydrogens is 143 g/mol. The van der Waals surface area contributed by atoms with Crippen LogP contribution in [0.15, 0.2) is 35.3 Å². The van der Waals surface area contributed by atoms with E-state index in [2.05, 4.69) is 20.4 Å². The highest BCUT2D eigenvalue weighted by Crippen LogP contribution is 2.35. The summed E-state index contributed by atoms with van der Waals surface area (Å²) in [5.74, 6) is 2.35. The molecule has 1 heteroatoms. The molecular formula is C11H15B. The zero-order valence-electron chi connectivity index (χ0n) is 7.93. The summed E-state index contributed by atoms with van der Waals surface area (Å²) in [6.45, 7) is 8.14. The fraction of sp³-hybridized carbons (Fsp3) is 0.455. The van der Waals surface area contributed by atoms with Crippen LogP contribution in [0, 0.1) is 5.92 Å². The summed E-state index contributed by atoms with van der Waals surface area (Å²) in [6.07, 6.45) is 4.36. The Morgan fingerprint density at radius 2 is 2.33 bits per heavy atom. The van der Waals surface area contributed by atoms with Crippen molar-refractivity contribution in [2.45, 2.75) is 26.7 Å². The van der Waals surface area contributed by atoms with Crippen LogP contribution < -0.4 is 0 Å². The van der Waals surface area contributed by atoms with E-state index >= 15 is 0 Å². The van der Waals surface area contributed by atoms with Crippen molar-refractivity contribution in [3.8, 4) is 0 Å². The van der Waals surface area contributed by atoms with Crippen molar-refractivity contribution in [3.63, 3.8) is 0 Å². The molecule has 0 aliphatic heterocycles. The summed E-state index contributed by atoms with van der Waals surface area (Å²) in [7, 11) is 5.48. The number of rotatable bonds is 2. The molecule has 0 heterocycles. The van der Waals surface area contributed by atoms with E-state index < -0.39 is 0 Å². The van der Waals surface area contributed by atoms with Crippen molar-refractivity contribution in [1.29, 1.82) is 0 Å². The van der Waals surface area contributed by atoms with Gasteiger partial charge in [0.2, 0.25) is 0 Å². The third kappa shape index (κ3) is 1.55. The Hall–Kier alpha value is -0.715. The van der Waals surface area contributed by atoms with Crippen LogP contribution in [-0.4, -0.2) is 7.85 Å². The molecule has 1 atom stereocenters. The van der Waals surface area contributed by atoms with Crippen LogP contribution in [0.3, 0.4) is 0 Å². The van der Waals surface area contributed by atoms with Gasteiger partial charge in [-0.1, -0.05) is 25.2 Å². The molecule has 0 saturated carbocycles. The fourth-order valence-corrected chi connectivity index (χ4v) is 1.81. The fourth-order valence-electron chi connectivity index (χ4n) is 1.81. The first kappa shape index (κ1) is 9.37. The Labute approximate surface area is 76.5 Å². The van der Waals surface area contributed by atoms with Gasteiger partial charge in [0.15, 0.2) is 0 Å². The van der Waals surface area contributed by atoms with E-state index in [9.17, 15) is 0 Å². The zero-order chi connectivity index (χ0) is 9.14. The van der Waals surface area contributed by atoms with Crippen LogP contribution in [-0.2, 0) is 0 Å². The van der Waals surface area contributed by atoms with Gasteiger partial charge < -0.3 is 0 Å². The number of hydrogen-bond donors (Lipinski definition) is 0. The van der Waals surface area contributed by atoms with Crippen molar-refractivity contribution < 1.29 is 0 Å².